The number of hydrogen-bond acceptors (Lipinski definition) is 1. The lowest BCUT2D eigenvalue weighted by molar-refractivity contribution is -0.121. The molecule has 0 spiro atoms. The van der Waals surface area contributed by atoms with Crippen LogP contribution in [0.3, 0.4) is 0 Å². The highest BCUT2D eigenvalue weighted by Gasteiger charge is 2.31. The molecule has 22 heavy (non-hydrogen) atoms. The predicted molar refractivity (Wildman–Crippen MR) is 78.0 cm³/mol. The summed E-state index contributed by atoms with van der Waals surface area (Å²) in [6.45, 7) is 0. The van der Waals surface area contributed by atoms with Gasteiger partial charge in [0.15, 0.2) is 17.5 Å². The zero-order chi connectivity index (χ0) is 15.7. The first-order valence-electron chi connectivity index (χ1n) is 8.20. The third kappa shape index (κ3) is 3.21. The Morgan fingerprint density at radius 3 is 1.82 bits per heavy atom. The van der Waals surface area contributed by atoms with Gasteiger partial charge in [0.25, 0.3) is 0 Å². The van der Waals surface area contributed by atoms with Gasteiger partial charge in [-0.2, -0.15) is 0 Å². The van der Waals surface area contributed by atoms with Gasteiger partial charge >= 0.3 is 0 Å². The van der Waals surface area contributed by atoms with Crippen molar-refractivity contribution in [3.63, 3.8) is 0 Å². The standard InChI is InChI=1S/C18H21F3O/c19-16-9-14(10-17(20)18(16)21)13-3-1-11(2-4-13)12-5-7-15(22)8-6-12/h9-13H,1-8H2. The largest absolute Gasteiger partial charge is 0.300 e. The molecule has 1 aromatic carbocycles. The van der Waals surface area contributed by atoms with Gasteiger partial charge in [0.1, 0.15) is 5.78 Å². The Bertz CT molecular complexity index is 528. The van der Waals surface area contributed by atoms with Crippen LogP contribution in [0.4, 0.5) is 13.2 Å². The molecule has 0 N–H and O–H groups in total. The molecule has 0 amide bonds. The first kappa shape index (κ1) is 15.6. The minimum atomic E-state index is -1.38. The van der Waals surface area contributed by atoms with Crippen molar-refractivity contribution in [1.82, 2.24) is 0 Å². The van der Waals surface area contributed by atoms with Crippen molar-refractivity contribution in [3.8, 4) is 0 Å². The number of rotatable bonds is 2. The SMILES string of the molecule is O=C1CCC(C2CCC(c3cc(F)c(F)c(F)c3)CC2)CC1. The van der Waals surface area contributed by atoms with Crippen LogP contribution in [0.15, 0.2) is 12.1 Å². The van der Waals surface area contributed by atoms with E-state index in [1.807, 2.05) is 0 Å². The third-order valence-electron chi connectivity index (χ3n) is 5.50. The Kier molecular flexibility index (Phi) is 4.55. The number of ketones is 1. The van der Waals surface area contributed by atoms with Crippen molar-refractivity contribution >= 4 is 5.78 Å². The van der Waals surface area contributed by atoms with Crippen molar-refractivity contribution in [2.45, 2.75) is 57.3 Å². The van der Waals surface area contributed by atoms with Gasteiger partial charge in [-0.3, -0.25) is 4.79 Å². The molecule has 2 fully saturated rings. The second-order valence-corrected chi connectivity index (χ2v) is 6.79. The van der Waals surface area contributed by atoms with Crippen LogP contribution in [0, 0.1) is 29.3 Å². The normalized spacial score (nSPS) is 27.1. The highest BCUT2D eigenvalue weighted by Crippen LogP contribution is 2.42. The summed E-state index contributed by atoms with van der Waals surface area (Å²) in [5, 5.41) is 0. The summed E-state index contributed by atoms with van der Waals surface area (Å²) in [5.41, 5.74) is 0.577. The van der Waals surface area contributed by atoms with Crippen LogP contribution < -0.4 is 0 Å². The molecule has 3 rings (SSSR count). The van der Waals surface area contributed by atoms with Crippen LogP contribution in [-0.2, 0) is 4.79 Å². The van der Waals surface area contributed by atoms with E-state index in [4.69, 9.17) is 0 Å². The lowest BCUT2D eigenvalue weighted by Crippen LogP contribution is -2.25. The monoisotopic (exact) mass is 310 g/mol. The molecular formula is C18H21F3O. The van der Waals surface area contributed by atoms with E-state index in [-0.39, 0.29) is 5.92 Å². The summed E-state index contributed by atoms with van der Waals surface area (Å²) >= 11 is 0. The summed E-state index contributed by atoms with van der Waals surface area (Å²) in [7, 11) is 0. The van der Waals surface area contributed by atoms with E-state index in [2.05, 4.69) is 0 Å². The molecule has 0 bridgehead atoms. The third-order valence-corrected chi connectivity index (χ3v) is 5.50. The average Bonchev–Trinajstić information content (AvgIpc) is 2.53. The Morgan fingerprint density at radius 1 is 0.773 bits per heavy atom. The molecule has 0 heterocycles. The summed E-state index contributed by atoms with van der Waals surface area (Å²) in [5.74, 6) is -1.83. The van der Waals surface area contributed by atoms with Gasteiger partial charge in [0.2, 0.25) is 0 Å². The Balaban J connectivity index is 1.61. The highest BCUT2D eigenvalue weighted by molar-refractivity contribution is 5.79. The molecule has 0 atom stereocenters. The molecule has 0 aliphatic heterocycles. The Hall–Kier alpha value is -1.32. The summed E-state index contributed by atoms with van der Waals surface area (Å²) in [6, 6.07) is 2.28. The second kappa shape index (κ2) is 6.43. The molecule has 1 aromatic rings. The van der Waals surface area contributed by atoms with Crippen molar-refractivity contribution < 1.29 is 18.0 Å². The number of carbonyl (C=O) groups is 1. The van der Waals surface area contributed by atoms with Gasteiger partial charge in [-0.15, -0.1) is 0 Å². The van der Waals surface area contributed by atoms with Crippen molar-refractivity contribution in [1.29, 1.82) is 0 Å². The maximum atomic E-state index is 13.4. The van der Waals surface area contributed by atoms with Crippen LogP contribution in [-0.4, -0.2) is 5.78 Å². The minimum absolute atomic E-state index is 0.117. The van der Waals surface area contributed by atoms with Crippen LogP contribution in [0.2, 0.25) is 0 Å². The lowest BCUT2D eigenvalue weighted by Gasteiger charge is -2.35. The number of hydrogen-bond donors (Lipinski definition) is 0. The first-order valence-corrected chi connectivity index (χ1v) is 8.20. The Labute approximate surface area is 128 Å². The van der Waals surface area contributed by atoms with Crippen molar-refractivity contribution in [2.24, 2.45) is 11.8 Å². The molecule has 2 saturated carbocycles. The molecular weight excluding hydrogens is 289 g/mol. The van der Waals surface area contributed by atoms with Crippen molar-refractivity contribution in [3.05, 3.63) is 35.1 Å². The molecule has 0 aromatic heterocycles. The molecule has 2 aliphatic rings. The highest BCUT2D eigenvalue weighted by atomic mass is 19.2. The van der Waals surface area contributed by atoms with Gasteiger partial charge in [0, 0.05) is 12.8 Å². The average molecular weight is 310 g/mol. The molecule has 0 saturated heterocycles. The summed E-state index contributed by atoms with van der Waals surface area (Å²) < 4.78 is 39.7. The van der Waals surface area contributed by atoms with Gasteiger partial charge in [-0.05, 0) is 74.0 Å². The predicted octanol–water partition coefficient (Wildman–Crippen LogP) is 5.14. The number of carbonyl (C=O) groups excluding carboxylic acids is 1. The van der Waals surface area contributed by atoms with Gasteiger partial charge in [0.05, 0.1) is 0 Å². The zero-order valence-corrected chi connectivity index (χ0v) is 12.6. The first-order chi connectivity index (χ1) is 10.5. The molecule has 4 heteroatoms. The van der Waals surface area contributed by atoms with E-state index in [0.29, 0.717) is 36.0 Å². The van der Waals surface area contributed by atoms with Crippen LogP contribution in [0.25, 0.3) is 0 Å². The fourth-order valence-corrected chi connectivity index (χ4v) is 4.17. The van der Waals surface area contributed by atoms with E-state index in [9.17, 15) is 18.0 Å². The van der Waals surface area contributed by atoms with E-state index < -0.39 is 17.5 Å². The van der Waals surface area contributed by atoms with E-state index >= 15 is 0 Å². The Morgan fingerprint density at radius 2 is 1.27 bits per heavy atom. The lowest BCUT2D eigenvalue weighted by atomic mass is 9.70. The topological polar surface area (TPSA) is 17.1 Å². The fourth-order valence-electron chi connectivity index (χ4n) is 4.17. The van der Waals surface area contributed by atoms with E-state index in [1.165, 1.54) is 0 Å². The maximum absolute atomic E-state index is 13.4. The summed E-state index contributed by atoms with van der Waals surface area (Å²) in [4.78, 5) is 11.3. The summed E-state index contributed by atoms with van der Waals surface area (Å²) in [6.07, 6.45) is 7.24. The number of halogens is 3. The fraction of sp³-hybridized carbons (Fsp3) is 0.611. The zero-order valence-electron chi connectivity index (χ0n) is 12.6. The van der Waals surface area contributed by atoms with Crippen LogP contribution in [0.1, 0.15) is 62.8 Å². The minimum Gasteiger partial charge on any atom is -0.300 e. The molecule has 2 aliphatic carbocycles. The molecule has 120 valence electrons. The van der Waals surface area contributed by atoms with Crippen LogP contribution in [0.5, 0.6) is 0 Å². The van der Waals surface area contributed by atoms with Crippen molar-refractivity contribution in [2.75, 3.05) is 0 Å². The van der Waals surface area contributed by atoms with Gasteiger partial charge < -0.3 is 0 Å². The molecule has 1 nitrogen and oxygen atoms in total. The number of benzene rings is 1. The van der Waals surface area contributed by atoms with E-state index in [0.717, 1.165) is 50.7 Å². The number of Topliss-reactive ketones (excluding diaryl/α,β-unsaturated/α-hetero) is 1. The van der Waals surface area contributed by atoms with Crippen LogP contribution >= 0.6 is 0 Å². The quantitative estimate of drug-likeness (QED) is 0.691. The smallest absolute Gasteiger partial charge is 0.194 e. The maximum Gasteiger partial charge on any atom is 0.194 e. The molecule has 0 unspecified atom stereocenters. The van der Waals surface area contributed by atoms with Gasteiger partial charge in [-0.25, -0.2) is 13.2 Å². The second-order valence-electron chi connectivity index (χ2n) is 6.79. The van der Waals surface area contributed by atoms with E-state index in [1.54, 1.807) is 0 Å². The van der Waals surface area contributed by atoms with Gasteiger partial charge in [-0.1, -0.05) is 0 Å². The molecule has 0 radical (unpaired) electrons.